The summed E-state index contributed by atoms with van der Waals surface area (Å²) in [7, 11) is 0. The molecule has 0 spiro atoms. The molecule has 5 nitrogen and oxygen atoms in total. The van der Waals surface area contributed by atoms with Gasteiger partial charge in [-0.1, -0.05) is 89.7 Å². The molecule has 0 bridgehead atoms. The summed E-state index contributed by atoms with van der Waals surface area (Å²) < 4.78 is 5.71. The largest absolute Gasteiger partial charge is 0.482 e. The second-order valence-corrected chi connectivity index (χ2v) is 9.74. The smallest absolute Gasteiger partial charge is 0.261 e. The SMILES string of the molecule is CCCNC(=O)[C@@H](Cc1ccccc1)N(Cc1c(Cl)cccc1Cl)C(=O)COc1ccc(Cl)cc1Cl. The van der Waals surface area contributed by atoms with Crippen LogP contribution in [0.25, 0.3) is 0 Å². The Balaban J connectivity index is 1.95. The van der Waals surface area contributed by atoms with Crippen molar-refractivity contribution in [3.63, 3.8) is 0 Å². The Labute approximate surface area is 231 Å². The van der Waals surface area contributed by atoms with E-state index in [9.17, 15) is 9.59 Å². The molecule has 3 aromatic rings. The van der Waals surface area contributed by atoms with Crippen molar-refractivity contribution in [1.82, 2.24) is 10.2 Å². The number of hydrogen-bond acceptors (Lipinski definition) is 3. The van der Waals surface area contributed by atoms with Crippen molar-refractivity contribution >= 4 is 58.2 Å². The molecule has 190 valence electrons. The van der Waals surface area contributed by atoms with Gasteiger partial charge in [-0.3, -0.25) is 9.59 Å². The van der Waals surface area contributed by atoms with E-state index < -0.39 is 11.9 Å². The first kappa shape index (κ1) is 28.1. The molecule has 0 aliphatic heterocycles. The van der Waals surface area contributed by atoms with E-state index in [1.807, 2.05) is 37.3 Å². The van der Waals surface area contributed by atoms with Crippen LogP contribution in [0.15, 0.2) is 66.7 Å². The van der Waals surface area contributed by atoms with Crippen LogP contribution in [0.3, 0.4) is 0 Å². The van der Waals surface area contributed by atoms with Crippen LogP contribution in [-0.2, 0) is 22.6 Å². The van der Waals surface area contributed by atoms with Crippen LogP contribution in [0.5, 0.6) is 5.75 Å². The predicted molar refractivity (Wildman–Crippen MR) is 146 cm³/mol. The maximum Gasteiger partial charge on any atom is 0.261 e. The van der Waals surface area contributed by atoms with E-state index in [1.54, 1.807) is 30.3 Å². The third-order valence-electron chi connectivity index (χ3n) is 5.46. The molecule has 0 saturated heterocycles. The highest BCUT2D eigenvalue weighted by Gasteiger charge is 2.31. The van der Waals surface area contributed by atoms with E-state index in [0.29, 0.717) is 39.3 Å². The lowest BCUT2D eigenvalue weighted by molar-refractivity contribution is -0.142. The zero-order valence-electron chi connectivity index (χ0n) is 19.6. The van der Waals surface area contributed by atoms with Crippen LogP contribution in [0.4, 0.5) is 0 Å². The first-order chi connectivity index (χ1) is 17.3. The van der Waals surface area contributed by atoms with Crippen molar-refractivity contribution in [3.8, 4) is 5.75 Å². The van der Waals surface area contributed by atoms with Gasteiger partial charge in [0.2, 0.25) is 5.91 Å². The van der Waals surface area contributed by atoms with Gasteiger partial charge in [0.25, 0.3) is 5.91 Å². The summed E-state index contributed by atoms with van der Waals surface area (Å²) in [5.41, 5.74) is 1.44. The summed E-state index contributed by atoms with van der Waals surface area (Å²) in [4.78, 5) is 28.4. The molecule has 1 atom stereocenters. The fraction of sp³-hybridized carbons (Fsp3) is 0.259. The van der Waals surface area contributed by atoms with Crippen LogP contribution in [0.1, 0.15) is 24.5 Å². The third-order valence-corrected chi connectivity index (χ3v) is 6.69. The molecule has 0 aromatic heterocycles. The van der Waals surface area contributed by atoms with E-state index in [2.05, 4.69) is 5.32 Å². The summed E-state index contributed by atoms with van der Waals surface area (Å²) in [6.45, 7) is 2.11. The minimum Gasteiger partial charge on any atom is -0.482 e. The predicted octanol–water partition coefficient (Wildman–Crippen LogP) is 6.85. The van der Waals surface area contributed by atoms with Gasteiger partial charge in [-0.15, -0.1) is 0 Å². The number of carbonyl (C=O) groups excluding carboxylic acids is 2. The Morgan fingerprint density at radius 2 is 1.61 bits per heavy atom. The van der Waals surface area contributed by atoms with Gasteiger partial charge >= 0.3 is 0 Å². The maximum absolute atomic E-state index is 13.6. The average molecular weight is 568 g/mol. The third kappa shape index (κ3) is 7.78. The van der Waals surface area contributed by atoms with E-state index in [1.165, 1.54) is 11.0 Å². The topological polar surface area (TPSA) is 58.6 Å². The van der Waals surface area contributed by atoms with E-state index in [-0.39, 0.29) is 24.1 Å². The van der Waals surface area contributed by atoms with E-state index >= 15 is 0 Å². The Kier molecular flexibility index (Phi) is 10.7. The van der Waals surface area contributed by atoms with Crippen molar-refractivity contribution in [2.24, 2.45) is 0 Å². The second kappa shape index (κ2) is 13.8. The lowest BCUT2D eigenvalue weighted by Crippen LogP contribution is -2.51. The van der Waals surface area contributed by atoms with Crippen molar-refractivity contribution < 1.29 is 14.3 Å². The summed E-state index contributed by atoms with van der Waals surface area (Å²) in [6.07, 6.45) is 1.05. The Hall–Kier alpha value is -2.44. The Morgan fingerprint density at radius 1 is 0.917 bits per heavy atom. The lowest BCUT2D eigenvalue weighted by Gasteiger charge is -2.32. The monoisotopic (exact) mass is 566 g/mol. The van der Waals surface area contributed by atoms with Crippen LogP contribution in [-0.4, -0.2) is 35.9 Å². The fourth-order valence-corrected chi connectivity index (χ4v) is 4.57. The molecule has 36 heavy (non-hydrogen) atoms. The summed E-state index contributed by atoms with van der Waals surface area (Å²) in [5.74, 6) is -0.397. The highest BCUT2D eigenvalue weighted by Crippen LogP contribution is 2.29. The zero-order chi connectivity index (χ0) is 26.1. The Morgan fingerprint density at radius 3 is 2.25 bits per heavy atom. The summed E-state index contributed by atoms with van der Waals surface area (Å²) >= 11 is 25.0. The number of nitrogens with zero attached hydrogens (tertiary/aromatic N) is 1. The van der Waals surface area contributed by atoms with Crippen LogP contribution in [0.2, 0.25) is 20.1 Å². The van der Waals surface area contributed by atoms with Gasteiger partial charge in [0.05, 0.1) is 5.02 Å². The number of nitrogens with one attached hydrogen (secondary N) is 1. The molecule has 0 aliphatic carbocycles. The van der Waals surface area contributed by atoms with E-state index in [4.69, 9.17) is 51.1 Å². The van der Waals surface area contributed by atoms with Gasteiger partial charge in [-0.25, -0.2) is 0 Å². The highest BCUT2D eigenvalue weighted by atomic mass is 35.5. The maximum atomic E-state index is 13.6. The second-order valence-electron chi connectivity index (χ2n) is 8.08. The molecule has 0 heterocycles. The lowest BCUT2D eigenvalue weighted by atomic mass is 10.0. The molecular formula is C27H26Cl4N2O3. The number of amides is 2. The molecule has 0 unspecified atom stereocenters. The van der Waals surface area contributed by atoms with Crippen LogP contribution < -0.4 is 10.1 Å². The summed E-state index contributed by atoms with van der Waals surface area (Å²) in [6, 6.07) is 18.5. The molecular weight excluding hydrogens is 542 g/mol. The first-order valence-corrected chi connectivity index (χ1v) is 12.9. The van der Waals surface area contributed by atoms with Crippen LogP contribution >= 0.6 is 46.4 Å². The molecule has 2 amide bonds. The van der Waals surface area contributed by atoms with Crippen molar-refractivity contribution in [2.45, 2.75) is 32.4 Å². The molecule has 0 fully saturated rings. The number of rotatable bonds is 11. The fourth-order valence-electron chi connectivity index (χ4n) is 3.59. The first-order valence-electron chi connectivity index (χ1n) is 11.4. The van der Waals surface area contributed by atoms with Crippen molar-refractivity contribution in [3.05, 3.63) is 97.9 Å². The molecule has 3 aromatic carbocycles. The van der Waals surface area contributed by atoms with Crippen molar-refractivity contribution in [2.75, 3.05) is 13.2 Å². The highest BCUT2D eigenvalue weighted by molar-refractivity contribution is 6.36. The normalized spacial score (nSPS) is 11.6. The van der Waals surface area contributed by atoms with Crippen molar-refractivity contribution in [1.29, 1.82) is 0 Å². The molecule has 1 N–H and O–H groups in total. The molecule has 0 saturated carbocycles. The van der Waals surface area contributed by atoms with Gasteiger partial charge in [0.15, 0.2) is 6.61 Å². The van der Waals surface area contributed by atoms with E-state index in [0.717, 1.165) is 12.0 Å². The minimum atomic E-state index is -0.830. The molecule has 9 heteroatoms. The van der Waals surface area contributed by atoms with Gasteiger partial charge in [-0.2, -0.15) is 0 Å². The van der Waals surface area contributed by atoms with Gasteiger partial charge in [-0.05, 0) is 42.3 Å². The minimum absolute atomic E-state index is 0.0199. The number of carbonyl (C=O) groups is 2. The average Bonchev–Trinajstić information content (AvgIpc) is 2.86. The number of hydrogen-bond donors (Lipinski definition) is 1. The number of halogens is 4. The summed E-state index contributed by atoms with van der Waals surface area (Å²) in [5, 5.41) is 4.44. The quantitative estimate of drug-likeness (QED) is 0.276. The molecule has 0 radical (unpaired) electrons. The number of benzene rings is 3. The van der Waals surface area contributed by atoms with Gasteiger partial charge < -0.3 is 15.0 Å². The Bertz CT molecular complexity index is 1170. The van der Waals surface area contributed by atoms with Gasteiger partial charge in [0.1, 0.15) is 11.8 Å². The standard InChI is InChI=1S/C27H26Cl4N2O3/c1-2-13-32-27(35)24(14-18-7-4-3-5-8-18)33(16-20-21(29)9-6-10-22(20)30)26(34)17-36-25-12-11-19(28)15-23(25)31/h3-12,15,24H,2,13-14,16-17H2,1H3,(H,32,35)/t24-/m1/s1. The number of ether oxygens (including phenoxy) is 1. The molecule has 0 aliphatic rings. The zero-order valence-corrected chi connectivity index (χ0v) is 22.7. The van der Waals surface area contributed by atoms with Gasteiger partial charge in [0, 0.05) is 40.1 Å². The van der Waals surface area contributed by atoms with Crippen LogP contribution in [0, 0.1) is 0 Å². The molecule has 3 rings (SSSR count).